The van der Waals surface area contributed by atoms with E-state index in [0.717, 1.165) is 17.1 Å². The molecule has 1 aromatic carbocycles. The molecule has 0 bridgehead atoms. The van der Waals surface area contributed by atoms with Gasteiger partial charge in [0.1, 0.15) is 18.5 Å². The van der Waals surface area contributed by atoms with Crippen LogP contribution in [0.3, 0.4) is 0 Å². The number of ether oxygens (including phenoxy) is 1. The molecule has 0 saturated heterocycles. The van der Waals surface area contributed by atoms with E-state index >= 15 is 0 Å². The van der Waals surface area contributed by atoms with Crippen LogP contribution in [-0.4, -0.2) is 49.6 Å². The maximum Gasteiger partial charge on any atom is 0.154 e. The number of nitrogens with zero attached hydrogens (tertiary/aromatic N) is 1. The van der Waals surface area contributed by atoms with Crippen LogP contribution in [0.2, 0.25) is 0 Å². The lowest BCUT2D eigenvalue weighted by Crippen LogP contribution is -2.35. The monoisotopic (exact) mass is 282 g/mol. The minimum absolute atomic E-state index is 0.256. The number of benzene rings is 1. The molecule has 5 heteroatoms. The maximum absolute atomic E-state index is 9.84. The molecule has 1 unspecified atom stereocenters. The van der Waals surface area contributed by atoms with Crippen molar-refractivity contribution >= 4 is 0 Å². The lowest BCUT2D eigenvalue weighted by molar-refractivity contribution is -0.00440. The Balaban J connectivity index is 2.55. The highest BCUT2D eigenvalue weighted by molar-refractivity contribution is 5.43. The third-order valence-electron chi connectivity index (χ3n) is 2.71. The molecule has 0 saturated carbocycles. The second-order valence-corrected chi connectivity index (χ2v) is 5.31. The molecule has 0 heterocycles. The van der Waals surface area contributed by atoms with Crippen molar-refractivity contribution in [1.29, 1.82) is 0 Å². The number of nitrogens with one attached hydrogen (secondary N) is 1. The van der Waals surface area contributed by atoms with Crippen LogP contribution in [0.5, 0.6) is 11.5 Å². The molecule has 20 heavy (non-hydrogen) atoms. The van der Waals surface area contributed by atoms with Gasteiger partial charge in [0, 0.05) is 32.2 Å². The van der Waals surface area contributed by atoms with Crippen molar-refractivity contribution in [3.63, 3.8) is 0 Å². The summed E-state index contributed by atoms with van der Waals surface area (Å²) in [5.74, 6) is 1.48. The molecule has 0 aliphatic rings. The van der Waals surface area contributed by atoms with E-state index in [-0.39, 0.29) is 6.61 Å². The van der Waals surface area contributed by atoms with E-state index in [1.165, 1.54) is 0 Å². The van der Waals surface area contributed by atoms with Crippen LogP contribution < -0.4 is 14.9 Å². The third-order valence-corrected chi connectivity index (χ3v) is 2.71. The highest BCUT2D eigenvalue weighted by Crippen LogP contribution is 2.27. The molecule has 0 spiro atoms. The Kier molecular flexibility index (Phi) is 6.78. The van der Waals surface area contributed by atoms with Gasteiger partial charge in [-0.25, -0.2) is 0 Å². The third kappa shape index (κ3) is 5.77. The fourth-order valence-electron chi connectivity index (χ4n) is 1.66. The molecule has 5 nitrogen and oxygen atoms in total. The van der Waals surface area contributed by atoms with Gasteiger partial charge in [0.15, 0.2) is 5.75 Å². The van der Waals surface area contributed by atoms with Crippen molar-refractivity contribution in [2.24, 2.45) is 0 Å². The quantitative estimate of drug-likeness (QED) is 0.709. The van der Waals surface area contributed by atoms with Crippen LogP contribution in [-0.2, 0) is 0 Å². The van der Waals surface area contributed by atoms with Crippen LogP contribution >= 0.6 is 0 Å². The average Bonchev–Trinajstić information content (AvgIpc) is 2.37. The summed E-state index contributed by atoms with van der Waals surface area (Å²) in [6, 6.07) is 5.99. The predicted octanol–water partition coefficient (Wildman–Crippen LogP) is 1.59. The van der Waals surface area contributed by atoms with Gasteiger partial charge < -0.3 is 20.0 Å². The summed E-state index contributed by atoms with van der Waals surface area (Å²) in [7, 11) is 3.66. The van der Waals surface area contributed by atoms with Crippen LogP contribution in [0, 0.1) is 6.92 Å². The van der Waals surface area contributed by atoms with Crippen molar-refractivity contribution in [2.75, 3.05) is 27.2 Å². The maximum atomic E-state index is 9.84. The van der Waals surface area contributed by atoms with Gasteiger partial charge in [-0.2, -0.15) is 5.06 Å². The molecular formula is C15H26N2O3. The molecule has 0 fully saturated rings. The highest BCUT2D eigenvalue weighted by atomic mass is 16.7. The summed E-state index contributed by atoms with van der Waals surface area (Å²) in [6.07, 6.45) is -0.532. The van der Waals surface area contributed by atoms with Crippen LogP contribution in [0.4, 0.5) is 0 Å². The Morgan fingerprint density at radius 1 is 1.25 bits per heavy atom. The van der Waals surface area contributed by atoms with Crippen LogP contribution in [0.15, 0.2) is 18.2 Å². The van der Waals surface area contributed by atoms with E-state index in [1.54, 1.807) is 5.06 Å². The Morgan fingerprint density at radius 2 is 1.90 bits per heavy atom. The number of hydroxylamine groups is 2. The van der Waals surface area contributed by atoms with Gasteiger partial charge in [0.2, 0.25) is 0 Å². The summed E-state index contributed by atoms with van der Waals surface area (Å²) in [5.41, 5.74) is 0.921. The van der Waals surface area contributed by atoms with E-state index in [1.807, 2.05) is 53.1 Å². The highest BCUT2D eigenvalue weighted by Gasteiger charge is 2.10. The van der Waals surface area contributed by atoms with Gasteiger partial charge >= 0.3 is 0 Å². The predicted molar refractivity (Wildman–Crippen MR) is 80.1 cm³/mol. The minimum Gasteiger partial charge on any atom is -0.490 e. The Labute approximate surface area is 121 Å². The van der Waals surface area contributed by atoms with Crippen molar-refractivity contribution in [1.82, 2.24) is 10.4 Å². The van der Waals surface area contributed by atoms with Crippen molar-refractivity contribution in [2.45, 2.75) is 32.9 Å². The van der Waals surface area contributed by atoms with E-state index < -0.39 is 6.10 Å². The van der Waals surface area contributed by atoms with Crippen LogP contribution in [0.1, 0.15) is 19.4 Å². The normalized spacial score (nSPS) is 12.8. The standard InChI is InChI=1S/C15H26N2O3/c1-11(2)16-9-13(18)10-19-14-7-6-8-15(12(14)3)20-17(4)5/h6-8,11,13,16,18H,9-10H2,1-5H3. The zero-order valence-electron chi connectivity index (χ0n) is 13.0. The fraction of sp³-hybridized carbons (Fsp3) is 0.600. The topological polar surface area (TPSA) is 54.0 Å². The zero-order valence-corrected chi connectivity index (χ0v) is 13.0. The molecular weight excluding hydrogens is 256 g/mol. The van der Waals surface area contributed by atoms with E-state index in [9.17, 15) is 5.11 Å². The fourth-order valence-corrected chi connectivity index (χ4v) is 1.66. The first kappa shape index (κ1) is 16.8. The first-order valence-corrected chi connectivity index (χ1v) is 6.89. The van der Waals surface area contributed by atoms with Crippen molar-refractivity contribution < 1.29 is 14.7 Å². The molecule has 0 radical (unpaired) electrons. The number of aliphatic hydroxyl groups is 1. The molecule has 0 aliphatic heterocycles. The van der Waals surface area contributed by atoms with E-state index in [2.05, 4.69) is 5.32 Å². The van der Waals surface area contributed by atoms with Gasteiger partial charge in [-0.3, -0.25) is 0 Å². The average molecular weight is 282 g/mol. The van der Waals surface area contributed by atoms with Gasteiger partial charge in [-0.1, -0.05) is 19.9 Å². The summed E-state index contributed by atoms with van der Waals surface area (Å²) >= 11 is 0. The first-order chi connectivity index (χ1) is 9.40. The van der Waals surface area contributed by atoms with Gasteiger partial charge in [-0.05, 0) is 19.1 Å². The van der Waals surface area contributed by atoms with Gasteiger partial charge in [0.25, 0.3) is 0 Å². The lowest BCUT2D eigenvalue weighted by atomic mass is 10.2. The molecule has 1 rings (SSSR count). The van der Waals surface area contributed by atoms with Gasteiger partial charge in [0.05, 0.1) is 0 Å². The molecule has 0 amide bonds. The lowest BCUT2D eigenvalue weighted by Gasteiger charge is -2.18. The first-order valence-electron chi connectivity index (χ1n) is 6.89. The molecule has 0 aromatic heterocycles. The summed E-state index contributed by atoms with van der Waals surface area (Å²) in [5, 5.41) is 14.6. The Hall–Kier alpha value is -1.30. The van der Waals surface area contributed by atoms with E-state index in [4.69, 9.17) is 9.57 Å². The Bertz CT molecular complexity index is 408. The zero-order chi connectivity index (χ0) is 15.1. The second kappa shape index (κ2) is 8.09. The molecule has 0 aliphatic carbocycles. The minimum atomic E-state index is -0.532. The smallest absolute Gasteiger partial charge is 0.154 e. The molecule has 1 atom stereocenters. The second-order valence-electron chi connectivity index (χ2n) is 5.31. The number of hydrogen-bond donors (Lipinski definition) is 2. The van der Waals surface area contributed by atoms with E-state index in [0.29, 0.717) is 12.6 Å². The SMILES string of the molecule is Cc1c(OCC(O)CNC(C)C)cccc1ON(C)C. The molecule has 1 aromatic rings. The van der Waals surface area contributed by atoms with Crippen LogP contribution in [0.25, 0.3) is 0 Å². The van der Waals surface area contributed by atoms with Crippen molar-refractivity contribution in [3.05, 3.63) is 23.8 Å². The van der Waals surface area contributed by atoms with Crippen molar-refractivity contribution in [3.8, 4) is 11.5 Å². The Morgan fingerprint density at radius 3 is 2.50 bits per heavy atom. The summed E-state index contributed by atoms with van der Waals surface area (Å²) in [6.45, 7) is 6.79. The van der Waals surface area contributed by atoms with Gasteiger partial charge in [-0.15, -0.1) is 0 Å². The summed E-state index contributed by atoms with van der Waals surface area (Å²) in [4.78, 5) is 5.55. The number of rotatable bonds is 8. The molecule has 114 valence electrons. The largest absolute Gasteiger partial charge is 0.490 e. The molecule has 2 N–H and O–H groups in total. The summed E-state index contributed by atoms with van der Waals surface area (Å²) < 4.78 is 5.66. The number of aliphatic hydroxyl groups excluding tert-OH is 1. The number of hydrogen-bond acceptors (Lipinski definition) is 5.